The molecule has 3 aromatic heterocycles. The van der Waals surface area contributed by atoms with Crippen molar-refractivity contribution in [3.63, 3.8) is 0 Å². The summed E-state index contributed by atoms with van der Waals surface area (Å²) in [7, 11) is 0. The van der Waals surface area contributed by atoms with Crippen LogP contribution >= 0.6 is 0 Å². The Morgan fingerprint density at radius 3 is 2.15 bits per heavy atom. The molecule has 4 rings (SSSR count). The number of halogens is 1. The number of fused-ring (bicyclic) bond motifs is 3. The van der Waals surface area contributed by atoms with E-state index in [1.165, 1.54) is 25.7 Å². The lowest BCUT2D eigenvalue weighted by atomic mass is 10.1. The smallest absolute Gasteiger partial charge is 0.332 e. The van der Waals surface area contributed by atoms with Crippen LogP contribution in [-0.2, 0) is 26.1 Å². The third-order valence-corrected chi connectivity index (χ3v) is 5.88. The second kappa shape index (κ2) is 9.28. The van der Waals surface area contributed by atoms with Gasteiger partial charge in [-0.2, -0.15) is 4.98 Å². The number of nitrogens with zero attached hydrogens (tertiary/aromatic N) is 5. The van der Waals surface area contributed by atoms with E-state index < -0.39 is 22.6 Å². The molecule has 0 aliphatic heterocycles. The molecule has 180 valence electrons. The first-order chi connectivity index (χ1) is 16.3. The molecule has 0 amide bonds. The Bertz CT molecular complexity index is 1540. The van der Waals surface area contributed by atoms with Crippen LogP contribution in [0.15, 0.2) is 38.6 Å². The zero-order valence-electron chi connectivity index (χ0n) is 19.5. The summed E-state index contributed by atoms with van der Waals surface area (Å²) in [5.74, 6) is -0.592. The molecule has 10 heteroatoms. The Labute approximate surface area is 194 Å². The van der Waals surface area contributed by atoms with Gasteiger partial charge in [-0.05, 0) is 37.0 Å². The number of aromatic hydroxyl groups is 1. The summed E-state index contributed by atoms with van der Waals surface area (Å²) in [6.07, 6.45) is 2.08. The molecule has 3 heterocycles. The van der Waals surface area contributed by atoms with Crippen molar-refractivity contribution in [2.45, 2.75) is 66.1 Å². The van der Waals surface area contributed by atoms with E-state index in [0.29, 0.717) is 37.8 Å². The number of rotatable bonds is 8. The minimum absolute atomic E-state index is 0.0201. The first-order valence-electron chi connectivity index (χ1n) is 11.6. The normalized spacial score (nSPS) is 11.6. The molecule has 4 aromatic rings. The molecular weight excluding hydrogens is 441 g/mol. The van der Waals surface area contributed by atoms with Gasteiger partial charge >= 0.3 is 5.69 Å². The van der Waals surface area contributed by atoms with E-state index in [1.807, 2.05) is 20.8 Å². The lowest BCUT2D eigenvalue weighted by molar-refractivity contribution is 0.411. The number of aryl methyl sites for hydroxylation is 1. The molecule has 0 atom stereocenters. The lowest BCUT2D eigenvalue weighted by Gasteiger charge is -2.14. The van der Waals surface area contributed by atoms with E-state index in [1.54, 1.807) is 12.1 Å². The van der Waals surface area contributed by atoms with Crippen LogP contribution < -0.4 is 16.8 Å². The van der Waals surface area contributed by atoms with Crippen LogP contribution in [0.3, 0.4) is 0 Å². The largest absolute Gasteiger partial charge is 0.494 e. The molecule has 9 nitrogen and oxygen atoms in total. The van der Waals surface area contributed by atoms with Gasteiger partial charge in [0.25, 0.3) is 11.1 Å². The Morgan fingerprint density at radius 2 is 1.53 bits per heavy atom. The van der Waals surface area contributed by atoms with E-state index in [0.717, 1.165) is 4.57 Å². The summed E-state index contributed by atoms with van der Waals surface area (Å²) in [4.78, 5) is 44.6. The fourth-order valence-electron chi connectivity index (χ4n) is 4.32. The van der Waals surface area contributed by atoms with Crippen molar-refractivity contribution in [3.05, 3.63) is 72.4 Å². The highest BCUT2D eigenvalue weighted by atomic mass is 19.1. The van der Waals surface area contributed by atoms with Crippen LogP contribution in [0.2, 0.25) is 0 Å². The molecule has 1 aromatic carbocycles. The molecule has 0 saturated heterocycles. The molecule has 0 radical (unpaired) electrons. The fraction of sp³-hybridized carbons (Fsp3) is 0.417. The van der Waals surface area contributed by atoms with E-state index >= 15 is 0 Å². The predicted molar refractivity (Wildman–Crippen MR) is 127 cm³/mol. The third kappa shape index (κ3) is 3.72. The summed E-state index contributed by atoms with van der Waals surface area (Å²) in [5.41, 5.74) is -0.624. The van der Waals surface area contributed by atoms with Gasteiger partial charge in [-0.15, -0.1) is 0 Å². The highest BCUT2D eigenvalue weighted by molar-refractivity contribution is 5.75. The van der Waals surface area contributed by atoms with Gasteiger partial charge in [0, 0.05) is 13.1 Å². The van der Waals surface area contributed by atoms with Crippen molar-refractivity contribution < 1.29 is 9.50 Å². The van der Waals surface area contributed by atoms with Crippen molar-refractivity contribution in [3.8, 4) is 5.88 Å². The van der Waals surface area contributed by atoms with Crippen LogP contribution in [-0.4, -0.2) is 28.2 Å². The van der Waals surface area contributed by atoms with Gasteiger partial charge in [0.1, 0.15) is 5.82 Å². The summed E-state index contributed by atoms with van der Waals surface area (Å²) in [6, 6.07) is 5.77. The van der Waals surface area contributed by atoms with Crippen molar-refractivity contribution >= 4 is 16.9 Å². The van der Waals surface area contributed by atoms with E-state index in [4.69, 9.17) is 0 Å². The van der Waals surface area contributed by atoms with Crippen LogP contribution in [0.25, 0.3) is 16.9 Å². The molecule has 0 saturated carbocycles. The zero-order chi connectivity index (χ0) is 24.6. The van der Waals surface area contributed by atoms with Gasteiger partial charge in [0.15, 0.2) is 11.2 Å². The standard InChI is InChI=1S/C24H28FN5O4/c1-4-7-17-20(31)29(14-15-8-10-16(25)11-9-15)23-26-19-18(30(23)21(17)32)22(33)28(13-6-3)24(34)27(19)12-5-2/h8-11,31H,4-7,12-14H2,1-3H3. The number of hydrogen-bond acceptors (Lipinski definition) is 5. The maximum absolute atomic E-state index is 13.5. The summed E-state index contributed by atoms with van der Waals surface area (Å²) in [5, 5.41) is 11.1. The molecular formula is C24H28FN5O4. The van der Waals surface area contributed by atoms with E-state index in [-0.39, 0.29) is 41.5 Å². The Kier molecular flexibility index (Phi) is 6.41. The van der Waals surface area contributed by atoms with Crippen molar-refractivity contribution in [1.82, 2.24) is 23.1 Å². The van der Waals surface area contributed by atoms with Crippen LogP contribution in [0, 0.1) is 5.82 Å². The van der Waals surface area contributed by atoms with Crippen molar-refractivity contribution in [1.29, 1.82) is 0 Å². The van der Waals surface area contributed by atoms with Crippen molar-refractivity contribution in [2.24, 2.45) is 0 Å². The number of benzene rings is 1. The number of aromatic nitrogens is 5. The minimum atomic E-state index is -0.583. The third-order valence-electron chi connectivity index (χ3n) is 5.88. The second-order valence-electron chi connectivity index (χ2n) is 8.38. The molecule has 0 unspecified atom stereocenters. The molecule has 0 fully saturated rings. The quantitative estimate of drug-likeness (QED) is 0.427. The van der Waals surface area contributed by atoms with Crippen molar-refractivity contribution in [2.75, 3.05) is 0 Å². The monoisotopic (exact) mass is 469 g/mol. The molecule has 0 aliphatic rings. The zero-order valence-corrected chi connectivity index (χ0v) is 19.5. The van der Waals surface area contributed by atoms with Gasteiger partial charge < -0.3 is 5.11 Å². The number of imidazole rings is 1. The maximum atomic E-state index is 13.5. The van der Waals surface area contributed by atoms with Gasteiger partial charge in [-0.1, -0.05) is 39.3 Å². The second-order valence-corrected chi connectivity index (χ2v) is 8.38. The first kappa shape index (κ1) is 23.5. The molecule has 1 N–H and O–H groups in total. The lowest BCUT2D eigenvalue weighted by Crippen LogP contribution is -2.41. The highest BCUT2D eigenvalue weighted by Crippen LogP contribution is 2.22. The molecule has 0 spiro atoms. The SMILES string of the molecule is CCCc1c(O)n(Cc2ccc(F)cc2)c2nc3c(c(=O)n(CCC)c(=O)n3CCC)n2c1=O. The van der Waals surface area contributed by atoms with Gasteiger partial charge in [-0.25, -0.2) is 13.6 Å². The molecule has 0 aliphatic carbocycles. The molecule has 34 heavy (non-hydrogen) atoms. The topological polar surface area (TPSA) is 104 Å². The first-order valence-corrected chi connectivity index (χ1v) is 11.6. The van der Waals surface area contributed by atoms with Gasteiger partial charge in [0.05, 0.1) is 12.1 Å². The summed E-state index contributed by atoms with van der Waals surface area (Å²) >= 11 is 0. The Morgan fingerprint density at radius 1 is 0.882 bits per heavy atom. The average molecular weight is 470 g/mol. The maximum Gasteiger partial charge on any atom is 0.332 e. The Balaban J connectivity index is 2.18. The average Bonchev–Trinajstić information content (AvgIpc) is 3.22. The van der Waals surface area contributed by atoms with E-state index in [2.05, 4.69) is 4.98 Å². The van der Waals surface area contributed by atoms with Crippen LogP contribution in [0.1, 0.15) is 51.2 Å². The fourth-order valence-corrected chi connectivity index (χ4v) is 4.32. The molecule has 0 bridgehead atoms. The van der Waals surface area contributed by atoms with Gasteiger partial charge in [0.2, 0.25) is 11.7 Å². The highest BCUT2D eigenvalue weighted by Gasteiger charge is 2.25. The van der Waals surface area contributed by atoms with E-state index in [9.17, 15) is 23.9 Å². The Hall–Kier alpha value is -3.69. The van der Waals surface area contributed by atoms with Crippen LogP contribution in [0.5, 0.6) is 5.88 Å². The summed E-state index contributed by atoms with van der Waals surface area (Å²) < 4.78 is 18.6. The summed E-state index contributed by atoms with van der Waals surface area (Å²) in [6.45, 7) is 6.28. The van der Waals surface area contributed by atoms with Crippen LogP contribution in [0.4, 0.5) is 4.39 Å². The minimum Gasteiger partial charge on any atom is -0.494 e. The predicted octanol–water partition coefficient (Wildman–Crippen LogP) is 2.64. The van der Waals surface area contributed by atoms with Gasteiger partial charge in [-0.3, -0.25) is 23.3 Å². The number of hydrogen-bond donors (Lipinski definition) is 1.